The number of ether oxygens (including phenoxy) is 2. The second kappa shape index (κ2) is 10.6. The highest BCUT2D eigenvalue weighted by Crippen LogP contribution is 2.28. The Morgan fingerprint density at radius 3 is 2.50 bits per heavy atom. The molecular formula is C29H31N3O4. The van der Waals surface area contributed by atoms with Crippen LogP contribution < -0.4 is 10.1 Å². The largest absolute Gasteiger partial charge is 0.466 e. The normalized spacial score (nSPS) is 11.3. The maximum atomic E-state index is 12.9. The number of benzene rings is 3. The molecule has 1 aromatic heterocycles. The summed E-state index contributed by atoms with van der Waals surface area (Å²) in [6, 6.07) is 22.9. The number of nitrogens with zero attached hydrogens (tertiary/aromatic N) is 2. The van der Waals surface area contributed by atoms with E-state index >= 15 is 0 Å². The smallest absolute Gasteiger partial charge is 0.418 e. The Balaban J connectivity index is 1.60. The first-order valence-electron chi connectivity index (χ1n) is 12.1. The highest BCUT2D eigenvalue weighted by Gasteiger charge is 2.22. The predicted octanol–water partition coefficient (Wildman–Crippen LogP) is 6.43. The maximum Gasteiger partial charge on any atom is 0.418 e. The quantitative estimate of drug-likeness (QED) is 0.305. The van der Waals surface area contributed by atoms with Gasteiger partial charge in [0.05, 0.1) is 18.0 Å². The highest BCUT2D eigenvalue weighted by molar-refractivity contribution is 5.92. The number of fused-ring (bicyclic) bond motifs is 1. The van der Waals surface area contributed by atoms with Gasteiger partial charge in [-0.15, -0.1) is 0 Å². The number of aryl methyl sites for hydroxylation is 1. The van der Waals surface area contributed by atoms with Crippen LogP contribution in [0, 0.1) is 0 Å². The number of esters is 1. The Labute approximate surface area is 211 Å². The maximum absolute atomic E-state index is 12.9. The number of rotatable bonds is 7. The zero-order valence-electron chi connectivity index (χ0n) is 21.1. The Hall–Kier alpha value is -4.13. The van der Waals surface area contributed by atoms with Gasteiger partial charge in [0, 0.05) is 23.3 Å². The molecule has 7 heteroatoms. The third-order valence-corrected chi connectivity index (χ3v) is 5.74. The van der Waals surface area contributed by atoms with Crippen LogP contribution >= 0.6 is 0 Å². The molecule has 0 spiro atoms. The summed E-state index contributed by atoms with van der Waals surface area (Å²) in [5.74, 6) is 0.747. The summed E-state index contributed by atoms with van der Waals surface area (Å²) in [5, 5.41) is 9.49. The minimum atomic E-state index is -0.605. The lowest BCUT2D eigenvalue weighted by molar-refractivity contribution is -0.143. The Morgan fingerprint density at radius 2 is 1.72 bits per heavy atom. The van der Waals surface area contributed by atoms with Gasteiger partial charge < -0.3 is 9.47 Å². The molecule has 1 amide bonds. The summed E-state index contributed by atoms with van der Waals surface area (Å²) in [6.07, 6.45) is 0.240. The van der Waals surface area contributed by atoms with Crippen LogP contribution in [0.3, 0.4) is 0 Å². The summed E-state index contributed by atoms with van der Waals surface area (Å²) in [7, 11) is 0. The molecule has 1 N–H and O–H groups in total. The summed E-state index contributed by atoms with van der Waals surface area (Å²) in [4.78, 5) is 24.7. The highest BCUT2D eigenvalue weighted by atomic mass is 16.6. The fourth-order valence-corrected chi connectivity index (χ4v) is 3.87. The number of anilines is 1. The van der Waals surface area contributed by atoms with Crippen molar-refractivity contribution in [1.82, 2.24) is 9.78 Å². The van der Waals surface area contributed by atoms with E-state index in [4.69, 9.17) is 14.6 Å². The van der Waals surface area contributed by atoms with Crippen molar-refractivity contribution in [1.29, 1.82) is 0 Å². The number of hydrogen-bond donors (Lipinski definition) is 1. The zero-order chi connectivity index (χ0) is 25.7. The Morgan fingerprint density at radius 1 is 0.972 bits per heavy atom. The van der Waals surface area contributed by atoms with Crippen LogP contribution in [0.2, 0.25) is 0 Å². The van der Waals surface area contributed by atoms with E-state index in [9.17, 15) is 9.59 Å². The first-order chi connectivity index (χ1) is 17.2. The molecule has 36 heavy (non-hydrogen) atoms. The number of carbonyl (C=O) groups is 2. The second-order valence-corrected chi connectivity index (χ2v) is 9.54. The monoisotopic (exact) mass is 485 g/mol. The van der Waals surface area contributed by atoms with E-state index in [0.29, 0.717) is 31.0 Å². The molecule has 3 aromatic carbocycles. The molecule has 0 atom stereocenters. The molecular weight excluding hydrogens is 454 g/mol. The molecule has 0 unspecified atom stereocenters. The van der Waals surface area contributed by atoms with Crippen LogP contribution in [0.1, 0.15) is 45.4 Å². The second-order valence-electron chi connectivity index (χ2n) is 9.54. The fraction of sp³-hybridized carbons (Fsp3) is 0.276. The van der Waals surface area contributed by atoms with Gasteiger partial charge in [0.1, 0.15) is 11.6 Å². The molecule has 0 aliphatic heterocycles. The summed E-state index contributed by atoms with van der Waals surface area (Å²) in [5.41, 5.74) is 2.33. The molecule has 4 rings (SSSR count). The molecule has 1 heterocycles. The number of nitrogens with one attached hydrogen (secondary N) is 1. The van der Waals surface area contributed by atoms with E-state index in [0.717, 1.165) is 27.7 Å². The SMILES string of the molecule is CCOC(=O)CCc1cccc(-n2nc(C(C)(C)C)cc2NC(=O)Oc2cccc3ccccc23)c1. The topological polar surface area (TPSA) is 82.5 Å². The van der Waals surface area contributed by atoms with E-state index in [1.807, 2.05) is 66.7 Å². The average molecular weight is 486 g/mol. The molecule has 0 saturated carbocycles. The molecule has 4 aromatic rings. The van der Waals surface area contributed by atoms with E-state index in [1.54, 1.807) is 17.7 Å². The van der Waals surface area contributed by atoms with Crippen molar-refractivity contribution < 1.29 is 19.1 Å². The third-order valence-electron chi connectivity index (χ3n) is 5.74. The van der Waals surface area contributed by atoms with Gasteiger partial charge in [0.15, 0.2) is 0 Å². The molecule has 0 radical (unpaired) electrons. The van der Waals surface area contributed by atoms with Gasteiger partial charge in [-0.1, -0.05) is 69.3 Å². The van der Waals surface area contributed by atoms with Crippen LogP contribution in [-0.2, 0) is 21.4 Å². The molecule has 0 aliphatic rings. The summed E-state index contributed by atoms with van der Waals surface area (Å²) < 4.78 is 12.4. The minimum Gasteiger partial charge on any atom is -0.466 e. The molecule has 7 nitrogen and oxygen atoms in total. The van der Waals surface area contributed by atoms with Crippen molar-refractivity contribution in [3.8, 4) is 11.4 Å². The lowest BCUT2D eigenvalue weighted by Gasteiger charge is -2.14. The van der Waals surface area contributed by atoms with Crippen molar-refractivity contribution >= 4 is 28.7 Å². The van der Waals surface area contributed by atoms with Gasteiger partial charge >= 0.3 is 12.1 Å². The van der Waals surface area contributed by atoms with Crippen LogP contribution in [0.4, 0.5) is 10.6 Å². The Kier molecular flexibility index (Phi) is 7.38. The van der Waals surface area contributed by atoms with E-state index in [2.05, 4.69) is 26.1 Å². The van der Waals surface area contributed by atoms with Crippen molar-refractivity contribution in [2.24, 2.45) is 0 Å². The van der Waals surface area contributed by atoms with E-state index in [1.165, 1.54) is 0 Å². The molecule has 0 aliphatic carbocycles. The minimum absolute atomic E-state index is 0.226. The zero-order valence-corrected chi connectivity index (χ0v) is 21.1. The first-order valence-corrected chi connectivity index (χ1v) is 12.1. The average Bonchev–Trinajstić information content (AvgIpc) is 3.28. The van der Waals surface area contributed by atoms with Gasteiger partial charge in [-0.3, -0.25) is 10.1 Å². The van der Waals surface area contributed by atoms with Crippen molar-refractivity contribution in [2.75, 3.05) is 11.9 Å². The summed E-state index contributed by atoms with van der Waals surface area (Å²) in [6.45, 7) is 8.35. The van der Waals surface area contributed by atoms with Gasteiger partial charge in [0.25, 0.3) is 0 Å². The standard InChI is InChI=1S/C29H31N3O4/c1-5-35-27(33)17-16-20-10-8-13-22(18-20)32-26(19-25(31-32)29(2,3)4)30-28(34)36-24-15-9-12-21-11-6-7-14-23(21)24/h6-15,18-19H,5,16-17H2,1-4H3,(H,30,34). The van der Waals surface area contributed by atoms with Crippen molar-refractivity contribution in [3.63, 3.8) is 0 Å². The predicted molar refractivity (Wildman–Crippen MR) is 141 cm³/mol. The van der Waals surface area contributed by atoms with Crippen molar-refractivity contribution in [2.45, 2.75) is 46.0 Å². The molecule has 0 saturated heterocycles. The Bertz CT molecular complexity index is 1380. The van der Waals surface area contributed by atoms with Crippen LogP contribution in [-0.4, -0.2) is 28.4 Å². The summed E-state index contributed by atoms with van der Waals surface area (Å²) >= 11 is 0. The molecule has 0 bridgehead atoms. The fourth-order valence-electron chi connectivity index (χ4n) is 3.87. The van der Waals surface area contributed by atoms with Gasteiger partial charge in [-0.2, -0.15) is 5.10 Å². The van der Waals surface area contributed by atoms with Crippen LogP contribution in [0.5, 0.6) is 5.75 Å². The lowest BCUT2D eigenvalue weighted by atomic mass is 9.92. The van der Waals surface area contributed by atoms with Crippen LogP contribution in [0.15, 0.2) is 72.8 Å². The molecule has 186 valence electrons. The molecule has 0 fully saturated rings. The number of hydrogen-bond acceptors (Lipinski definition) is 5. The van der Waals surface area contributed by atoms with E-state index < -0.39 is 6.09 Å². The van der Waals surface area contributed by atoms with Gasteiger partial charge in [-0.25, -0.2) is 9.48 Å². The number of amides is 1. The van der Waals surface area contributed by atoms with Crippen LogP contribution in [0.25, 0.3) is 16.5 Å². The number of aromatic nitrogens is 2. The third kappa shape index (κ3) is 5.92. The lowest BCUT2D eigenvalue weighted by Crippen LogP contribution is -2.19. The van der Waals surface area contributed by atoms with E-state index in [-0.39, 0.29) is 11.4 Å². The van der Waals surface area contributed by atoms with Crippen molar-refractivity contribution in [3.05, 3.63) is 84.1 Å². The van der Waals surface area contributed by atoms with Gasteiger partial charge in [-0.05, 0) is 42.5 Å². The van der Waals surface area contributed by atoms with Gasteiger partial charge in [0.2, 0.25) is 0 Å². The number of carbonyl (C=O) groups excluding carboxylic acids is 2. The first kappa shape index (κ1) is 25.0.